The fourth-order valence-electron chi connectivity index (χ4n) is 2.76. The van der Waals surface area contributed by atoms with Gasteiger partial charge in [-0.2, -0.15) is 12.2 Å². The molecule has 3 heterocycles. The topological polar surface area (TPSA) is 66.7 Å². The normalized spacial score (nSPS) is 14.8. The van der Waals surface area contributed by atoms with Crippen LogP contribution in [0.25, 0.3) is 4.96 Å². The first kappa shape index (κ1) is 16.2. The molecule has 6 nitrogen and oxygen atoms in total. The zero-order chi connectivity index (χ0) is 16.9. The summed E-state index contributed by atoms with van der Waals surface area (Å²) in [6.45, 7) is 1.63. The van der Waals surface area contributed by atoms with Crippen molar-refractivity contribution in [3.63, 3.8) is 0 Å². The summed E-state index contributed by atoms with van der Waals surface area (Å²) in [5.74, 6) is 0. The molecule has 0 bridgehead atoms. The van der Waals surface area contributed by atoms with Gasteiger partial charge in [-0.3, -0.25) is 4.40 Å². The fraction of sp³-hybridized carbons (Fsp3) is 0.214. The van der Waals surface area contributed by atoms with Crippen LogP contribution in [-0.4, -0.2) is 24.3 Å². The number of benzene rings is 1. The number of aromatic nitrogens is 2. The first-order valence-electron chi connectivity index (χ1n) is 7.13. The van der Waals surface area contributed by atoms with Gasteiger partial charge in [0.2, 0.25) is 5.03 Å². The molecule has 0 spiro atoms. The molecule has 0 saturated heterocycles. The van der Waals surface area contributed by atoms with Crippen LogP contribution < -0.4 is 9.14 Å². The molecule has 0 amide bonds. The Balaban J connectivity index is 1.79. The van der Waals surface area contributed by atoms with E-state index < -0.39 is 10.0 Å². The molecule has 2 aromatic heterocycles. The van der Waals surface area contributed by atoms with E-state index in [0.29, 0.717) is 10.6 Å². The molecule has 10 heteroatoms. The summed E-state index contributed by atoms with van der Waals surface area (Å²) < 4.78 is 28.0. The van der Waals surface area contributed by atoms with E-state index in [4.69, 9.17) is 23.4 Å². The number of imidazole rings is 1. The van der Waals surface area contributed by atoms with Crippen LogP contribution in [0.5, 0.6) is 0 Å². The molecule has 126 valence electrons. The lowest BCUT2D eigenvalue weighted by Gasteiger charge is -2.21. The predicted octanol–water partition coefficient (Wildman–Crippen LogP) is 3.04. The van der Waals surface area contributed by atoms with Crippen LogP contribution in [0.1, 0.15) is 11.1 Å². The summed E-state index contributed by atoms with van der Waals surface area (Å²) in [6, 6.07) is 5.39. The van der Waals surface area contributed by atoms with Crippen molar-refractivity contribution in [2.75, 3.05) is 10.4 Å². The Bertz CT molecular complexity index is 1030. The van der Waals surface area contributed by atoms with Crippen LogP contribution in [-0.2, 0) is 23.0 Å². The molecular formula is C14H12Cl2N4O2S2. The number of hydrogen-bond acceptors (Lipinski definition) is 5. The number of nitrogens with one attached hydrogen (secondary N) is 1. The molecule has 0 radical (unpaired) electrons. The molecule has 0 fully saturated rings. The Labute approximate surface area is 152 Å². The van der Waals surface area contributed by atoms with E-state index in [-0.39, 0.29) is 10.2 Å². The molecule has 3 aromatic rings. The van der Waals surface area contributed by atoms with Gasteiger partial charge in [0.25, 0.3) is 10.0 Å². The maximum Gasteiger partial charge on any atom is 0.297 e. The lowest BCUT2D eigenvalue weighted by Crippen LogP contribution is -2.25. The zero-order valence-corrected chi connectivity index (χ0v) is 15.4. The second-order valence-electron chi connectivity index (χ2n) is 5.36. The SMILES string of the molecule is O=S(=O)(c1c(Cl)nc2sccn12)N(Cl)c1ccc2c(c1)CCNC2. The average Bonchev–Trinajstić information content (AvgIpc) is 3.13. The molecule has 1 aliphatic heterocycles. The van der Waals surface area contributed by atoms with Crippen LogP contribution in [0, 0.1) is 0 Å². The van der Waals surface area contributed by atoms with E-state index in [1.807, 2.05) is 6.07 Å². The van der Waals surface area contributed by atoms with Crippen LogP contribution in [0.4, 0.5) is 5.69 Å². The molecule has 0 aliphatic carbocycles. The Morgan fingerprint density at radius 2 is 2.17 bits per heavy atom. The zero-order valence-electron chi connectivity index (χ0n) is 12.2. The first-order chi connectivity index (χ1) is 11.5. The number of fused-ring (bicyclic) bond motifs is 2. The lowest BCUT2D eigenvalue weighted by molar-refractivity contribution is 0.593. The van der Waals surface area contributed by atoms with Crippen molar-refractivity contribution in [3.05, 3.63) is 46.1 Å². The maximum absolute atomic E-state index is 12.9. The maximum atomic E-state index is 12.9. The molecule has 1 aliphatic rings. The average molecular weight is 403 g/mol. The van der Waals surface area contributed by atoms with Gasteiger partial charge in [0.05, 0.1) is 5.69 Å². The van der Waals surface area contributed by atoms with Gasteiger partial charge in [-0.15, -0.1) is 11.3 Å². The summed E-state index contributed by atoms with van der Waals surface area (Å²) in [5.41, 5.74) is 2.63. The van der Waals surface area contributed by atoms with Gasteiger partial charge in [0.15, 0.2) is 10.1 Å². The van der Waals surface area contributed by atoms with Crippen molar-refractivity contribution in [1.82, 2.24) is 14.7 Å². The van der Waals surface area contributed by atoms with Gasteiger partial charge in [-0.1, -0.05) is 17.7 Å². The van der Waals surface area contributed by atoms with Gasteiger partial charge in [0.1, 0.15) is 0 Å². The molecular weight excluding hydrogens is 391 g/mol. The monoisotopic (exact) mass is 402 g/mol. The molecule has 1 aromatic carbocycles. The molecule has 0 saturated carbocycles. The Kier molecular flexibility index (Phi) is 3.97. The Morgan fingerprint density at radius 1 is 1.33 bits per heavy atom. The highest BCUT2D eigenvalue weighted by atomic mass is 35.5. The molecule has 1 N–H and O–H groups in total. The number of anilines is 1. The molecule has 0 unspecified atom stereocenters. The van der Waals surface area contributed by atoms with Crippen LogP contribution in [0.3, 0.4) is 0 Å². The van der Waals surface area contributed by atoms with E-state index >= 15 is 0 Å². The summed E-state index contributed by atoms with van der Waals surface area (Å²) in [6.07, 6.45) is 2.44. The summed E-state index contributed by atoms with van der Waals surface area (Å²) in [4.78, 5) is 4.56. The Morgan fingerprint density at radius 3 is 3.00 bits per heavy atom. The highest BCUT2D eigenvalue weighted by molar-refractivity contribution is 7.94. The number of hydrogen-bond donors (Lipinski definition) is 1. The second-order valence-corrected chi connectivity index (χ2v) is 8.83. The minimum Gasteiger partial charge on any atom is -0.312 e. The standard InChI is InChI=1S/C14H12Cl2N4O2S2/c15-12-13(19-5-6-23-14(19)18-12)24(21,22)20(16)11-2-1-10-8-17-4-3-9(10)7-11/h1-2,5-7,17H,3-4,8H2. The number of halogens is 2. The van der Waals surface area contributed by atoms with Gasteiger partial charge < -0.3 is 5.32 Å². The van der Waals surface area contributed by atoms with Crippen molar-refractivity contribution < 1.29 is 8.42 Å². The van der Waals surface area contributed by atoms with Gasteiger partial charge >= 0.3 is 0 Å². The van der Waals surface area contributed by atoms with Gasteiger partial charge in [-0.25, -0.2) is 4.98 Å². The van der Waals surface area contributed by atoms with Gasteiger partial charge in [-0.05, 0) is 36.2 Å². The third-order valence-corrected chi connectivity index (χ3v) is 7.30. The molecule has 24 heavy (non-hydrogen) atoms. The van der Waals surface area contributed by atoms with Gasteiger partial charge in [0, 0.05) is 29.9 Å². The van der Waals surface area contributed by atoms with Crippen molar-refractivity contribution in [3.8, 4) is 0 Å². The van der Waals surface area contributed by atoms with E-state index in [9.17, 15) is 8.42 Å². The predicted molar refractivity (Wildman–Crippen MR) is 95.4 cm³/mol. The lowest BCUT2D eigenvalue weighted by atomic mass is 10.0. The first-order valence-corrected chi connectivity index (χ1v) is 10.2. The number of thiazole rings is 1. The van der Waals surface area contributed by atoms with Crippen molar-refractivity contribution in [2.24, 2.45) is 0 Å². The molecule has 0 atom stereocenters. The summed E-state index contributed by atoms with van der Waals surface area (Å²) >= 11 is 13.5. The highest BCUT2D eigenvalue weighted by Gasteiger charge is 2.31. The van der Waals surface area contributed by atoms with E-state index in [0.717, 1.165) is 34.5 Å². The third-order valence-electron chi connectivity index (χ3n) is 3.91. The van der Waals surface area contributed by atoms with E-state index in [2.05, 4.69) is 10.3 Å². The summed E-state index contributed by atoms with van der Waals surface area (Å²) in [7, 11) is -4.04. The van der Waals surface area contributed by atoms with Crippen LogP contribution in [0.2, 0.25) is 5.15 Å². The highest BCUT2D eigenvalue weighted by Crippen LogP contribution is 2.33. The van der Waals surface area contributed by atoms with Crippen molar-refractivity contribution in [2.45, 2.75) is 18.0 Å². The number of nitrogens with zero attached hydrogens (tertiary/aromatic N) is 3. The quantitative estimate of drug-likeness (QED) is 0.683. The molecule has 4 rings (SSSR count). The largest absolute Gasteiger partial charge is 0.312 e. The fourth-order valence-corrected chi connectivity index (χ4v) is 5.54. The van der Waals surface area contributed by atoms with Crippen molar-refractivity contribution >= 4 is 55.4 Å². The Hall–Kier alpha value is -1.32. The van der Waals surface area contributed by atoms with E-state index in [1.54, 1.807) is 23.7 Å². The summed E-state index contributed by atoms with van der Waals surface area (Å²) in [5, 5.41) is 4.79. The van der Waals surface area contributed by atoms with Crippen LogP contribution in [0.15, 0.2) is 34.8 Å². The smallest absolute Gasteiger partial charge is 0.297 e. The van der Waals surface area contributed by atoms with Crippen LogP contribution >= 0.6 is 34.7 Å². The number of rotatable bonds is 3. The minimum atomic E-state index is -4.04. The third kappa shape index (κ3) is 2.49. The second kappa shape index (κ2) is 5.89. The minimum absolute atomic E-state index is 0.0883. The van der Waals surface area contributed by atoms with Crippen molar-refractivity contribution in [1.29, 1.82) is 0 Å². The van der Waals surface area contributed by atoms with E-state index in [1.165, 1.54) is 15.7 Å². The number of sulfonamides is 1.